The fourth-order valence-corrected chi connectivity index (χ4v) is 2.12. The number of ether oxygens (including phenoxy) is 1. The van der Waals surface area contributed by atoms with Crippen LogP contribution in [-0.2, 0) is 4.74 Å². The summed E-state index contributed by atoms with van der Waals surface area (Å²) in [6, 6.07) is 11.5. The first-order valence-corrected chi connectivity index (χ1v) is 6.88. The second-order valence-corrected chi connectivity index (χ2v) is 4.78. The van der Waals surface area contributed by atoms with E-state index in [0.717, 1.165) is 5.52 Å². The first-order chi connectivity index (χ1) is 11.2. The predicted octanol–water partition coefficient (Wildman–Crippen LogP) is 2.67. The molecular formula is C17H13N3O3. The van der Waals surface area contributed by atoms with E-state index in [4.69, 9.17) is 0 Å². The molecule has 2 aromatic carbocycles. The van der Waals surface area contributed by atoms with Gasteiger partial charge in [-0.05, 0) is 42.5 Å². The Labute approximate surface area is 132 Å². The van der Waals surface area contributed by atoms with Crippen LogP contribution in [0.3, 0.4) is 0 Å². The number of hydrogen-bond donors (Lipinski definition) is 1. The molecule has 1 aromatic heterocycles. The Hall–Kier alpha value is -3.28. The van der Waals surface area contributed by atoms with Crippen molar-refractivity contribution in [2.75, 3.05) is 12.4 Å². The van der Waals surface area contributed by atoms with Crippen molar-refractivity contribution in [2.45, 2.75) is 0 Å². The molecule has 0 radical (unpaired) electrons. The van der Waals surface area contributed by atoms with Gasteiger partial charge in [-0.25, -0.2) is 4.79 Å². The van der Waals surface area contributed by atoms with Gasteiger partial charge in [0.25, 0.3) is 5.91 Å². The van der Waals surface area contributed by atoms with E-state index in [9.17, 15) is 9.59 Å². The Morgan fingerprint density at radius 1 is 0.913 bits per heavy atom. The van der Waals surface area contributed by atoms with E-state index in [2.05, 4.69) is 20.0 Å². The largest absolute Gasteiger partial charge is 0.465 e. The van der Waals surface area contributed by atoms with Crippen LogP contribution in [-0.4, -0.2) is 29.0 Å². The zero-order chi connectivity index (χ0) is 16.2. The van der Waals surface area contributed by atoms with Gasteiger partial charge in [0.05, 0.1) is 23.7 Å². The van der Waals surface area contributed by atoms with Gasteiger partial charge in [-0.1, -0.05) is 0 Å². The SMILES string of the molecule is COC(=O)c1ccc(C(=O)Nc2ccc3nccnc3c2)cc1. The summed E-state index contributed by atoms with van der Waals surface area (Å²) in [5, 5.41) is 2.79. The molecule has 0 fully saturated rings. The van der Waals surface area contributed by atoms with Crippen molar-refractivity contribution in [2.24, 2.45) is 0 Å². The molecule has 1 heterocycles. The lowest BCUT2D eigenvalue weighted by molar-refractivity contribution is 0.0600. The number of amides is 1. The molecule has 3 aromatic rings. The van der Waals surface area contributed by atoms with E-state index < -0.39 is 5.97 Å². The molecule has 6 heteroatoms. The van der Waals surface area contributed by atoms with E-state index in [1.165, 1.54) is 7.11 Å². The third-order valence-corrected chi connectivity index (χ3v) is 3.30. The lowest BCUT2D eigenvalue weighted by Crippen LogP contribution is -2.12. The summed E-state index contributed by atoms with van der Waals surface area (Å²) in [5.41, 5.74) is 2.92. The second kappa shape index (κ2) is 6.23. The number of methoxy groups -OCH3 is 1. The molecule has 0 bridgehead atoms. The minimum atomic E-state index is -0.440. The van der Waals surface area contributed by atoms with Gasteiger partial charge in [0.1, 0.15) is 0 Å². The highest BCUT2D eigenvalue weighted by Gasteiger charge is 2.09. The van der Waals surface area contributed by atoms with Crippen molar-refractivity contribution in [3.63, 3.8) is 0 Å². The van der Waals surface area contributed by atoms with E-state index >= 15 is 0 Å². The summed E-state index contributed by atoms with van der Waals surface area (Å²) in [5.74, 6) is -0.713. The maximum atomic E-state index is 12.2. The predicted molar refractivity (Wildman–Crippen MR) is 85.3 cm³/mol. The van der Waals surface area contributed by atoms with Gasteiger partial charge < -0.3 is 10.1 Å². The fraction of sp³-hybridized carbons (Fsp3) is 0.0588. The summed E-state index contributed by atoms with van der Waals surface area (Å²) in [4.78, 5) is 32.0. The van der Waals surface area contributed by atoms with Gasteiger partial charge in [-0.15, -0.1) is 0 Å². The maximum absolute atomic E-state index is 12.2. The molecule has 0 aliphatic rings. The lowest BCUT2D eigenvalue weighted by atomic mass is 10.1. The summed E-state index contributed by atoms with van der Waals surface area (Å²) in [6.45, 7) is 0. The van der Waals surface area contributed by atoms with Gasteiger partial charge in [0, 0.05) is 23.6 Å². The Balaban J connectivity index is 1.78. The maximum Gasteiger partial charge on any atom is 0.337 e. The topological polar surface area (TPSA) is 81.2 Å². The average molecular weight is 307 g/mol. The molecule has 3 rings (SSSR count). The van der Waals surface area contributed by atoms with Crippen LogP contribution in [0.2, 0.25) is 0 Å². The summed E-state index contributed by atoms with van der Waals surface area (Å²) in [7, 11) is 1.31. The van der Waals surface area contributed by atoms with Crippen LogP contribution in [0.4, 0.5) is 5.69 Å². The molecule has 23 heavy (non-hydrogen) atoms. The Morgan fingerprint density at radius 3 is 2.26 bits per heavy atom. The Kier molecular flexibility index (Phi) is 3.97. The number of carbonyl (C=O) groups excluding carboxylic acids is 2. The van der Waals surface area contributed by atoms with Crippen molar-refractivity contribution in [1.29, 1.82) is 0 Å². The molecule has 0 atom stereocenters. The third-order valence-electron chi connectivity index (χ3n) is 3.30. The number of nitrogens with one attached hydrogen (secondary N) is 1. The summed E-state index contributed by atoms with van der Waals surface area (Å²) in [6.07, 6.45) is 3.21. The number of esters is 1. The highest BCUT2D eigenvalue weighted by molar-refractivity contribution is 6.05. The summed E-state index contributed by atoms with van der Waals surface area (Å²) >= 11 is 0. The highest BCUT2D eigenvalue weighted by atomic mass is 16.5. The zero-order valence-electron chi connectivity index (χ0n) is 12.3. The zero-order valence-corrected chi connectivity index (χ0v) is 12.3. The second-order valence-electron chi connectivity index (χ2n) is 4.78. The van der Waals surface area contributed by atoms with Crippen LogP contribution < -0.4 is 5.32 Å². The molecule has 0 unspecified atom stereocenters. The van der Waals surface area contributed by atoms with E-state index in [1.54, 1.807) is 54.9 Å². The van der Waals surface area contributed by atoms with Crippen molar-refractivity contribution >= 4 is 28.6 Å². The van der Waals surface area contributed by atoms with Crippen LogP contribution in [0.1, 0.15) is 20.7 Å². The lowest BCUT2D eigenvalue weighted by Gasteiger charge is -2.06. The average Bonchev–Trinajstić information content (AvgIpc) is 2.61. The third kappa shape index (κ3) is 3.16. The Morgan fingerprint density at radius 2 is 1.57 bits per heavy atom. The molecule has 0 saturated carbocycles. The number of rotatable bonds is 3. The van der Waals surface area contributed by atoms with E-state index in [-0.39, 0.29) is 5.91 Å². The van der Waals surface area contributed by atoms with E-state index in [1.807, 2.05) is 0 Å². The monoisotopic (exact) mass is 307 g/mol. The van der Waals surface area contributed by atoms with Gasteiger partial charge in [0.15, 0.2) is 0 Å². The molecule has 114 valence electrons. The number of fused-ring (bicyclic) bond motifs is 1. The molecule has 1 N–H and O–H groups in total. The molecular weight excluding hydrogens is 294 g/mol. The van der Waals surface area contributed by atoms with E-state index in [0.29, 0.717) is 22.3 Å². The molecule has 0 spiro atoms. The van der Waals surface area contributed by atoms with Crippen LogP contribution in [0.15, 0.2) is 54.9 Å². The summed E-state index contributed by atoms with van der Waals surface area (Å²) < 4.78 is 4.62. The van der Waals surface area contributed by atoms with Crippen molar-refractivity contribution < 1.29 is 14.3 Å². The fourth-order valence-electron chi connectivity index (χ4n) is 2.12. The Bertz CT molecular complexity index is 876. The van der Waals surface area contributed by atoms with Gasteiger partial charge in [0.2, 0.25) is 0 Å². The minimum absolute atomic E-state index is 0.273. The number of aromatic nitrogens is 2. The van der Waals surface area contributed by atoms with Crippen LogP contribution in [0.25, 0.3) is 11.0 Å². The number of nitrogens with zero attached hydrogens (tertiary/aromatic N) is 2. The number of carbonyl (C=O) groups is 2. The van der Waals surface area contributed by atoms with Crippen LogP contribution in [0, 0.1) is 0 Å². The molecule has 0 aliphatic heterocycles. The molecule has 0 saturated heterocycles. The molecule has 0 aliphatic carbocycles. The first-order valence-electron chi connectivity index (χ1n) is 6.88. The molecule has 1 amide bonds. The number of benzene rings is 2. The minimum Gasteiger partial charge on any atom is -0.465 e. The number of anilines is 1. The van der Waals surface area contributed by atoms with Crippen LogP contribution in [0.5, 0.6) is 0 Å². The van der Waals surface area contributed by atoms with Crippen molar-refractivity contribution in [3.8, 4) is 0 Å². The normalized spacial score (nSPS) is 10.3. The first kappa shape index (κ1) is 14.6. The molecule has 6 nitrogen and oxygen atoms in total. The van der Waals surface area contributed by atoms with Crippen molar-refractivity contribution in [1.82, 2.24) is 9.97 Å². The highest BCUT2D eigenvalue weighted by Crippen LogP contribution is 2.16. The van der Waals surface area contributed by atoms with Gasteiger partial charge in [-0.2, -0.15) is 0 Å². The van der Waals surface area contributed by atoms with Crippen LogP contribution >= 0.6 is 0 Å². The standard InChI is InChI=1S/C17H13N3O3/c1-23-17(22)12-4-2-11(3-5-12)16(21)20-13-6-7-14-15(10-13)19-9-8-18-14/h2-10H,1H3,(H,20,21). The quantitative estimate of drug-likeness (QED) is 0.752. The van der Waals surface area contributed by atoms with Gasteiger partial charge in [-0.3, -0.25) is 14.8 Å². The van der Waals surface area contributed by atoms with Gasteiger partial charge >= 0.3 is 5.97 Å². The van der Waals surface area contributed by atoms with Crippen molar-refractivity contribution in [3.05, 3.63) is 66.0 Å². The smallest absolute Gasteiger partial charge is 0.337 e. The number of hydrogen-bond acceptors (Lipinski definition) is 5.